The Morgan fingerprint density at radius 2 is 2.08 bits per heavy atom. The molecule has 1 saturated carbocycles. The third-order valence-electron chi connectivity index (χ3n) is 2.27. The van der Waals surface area contributed by atoms with E-state index in [1.165, 1.54) is 0 Å². The van der Waals surface area contributed by atoms with Crippen LogP contribution in [-0.4, -0.2) is 31.3 Å². The molecule has 1 rings (SSSR count). The standard InChI is InChI=1S/C9H20N2O/c1-9(2,10)6-11-7-4-8(5-7)12-3/h7-8,11H,4-6,10H2,1-3H3. The van der Waals surface area contributed by atoms with Gasteiger partial charge in [-0.25, -0.2) is 0 Å². The lowest BCUT2D eigenvalue weighted by atomic mass is 9.88. The Balaban J connectivity index is 2.04. The fourth-order valence-electron chi connectivity index (χ4n) is 1.33. The molecule has 1 fully saturated rings. The van der Waals surface area contributed by atoms with Gasteiger partial charge in [-0.1, -0.05) is 0 Å². The molecule has 0 aromatic carbocycles. The monoisotopic (exact) mass is 172 g/mol. The lowest BCUT2D eigenvalue weighted by Gasteiger charge is -2.36. The fraction of sp³-hybridized carbons (Fsp3) is 1.00. The first kappa shape index (κ1) is 9.96. The molecule has 0 spiro atoms. The molecule has 1 aliphatic carbocycles. The normalized spacial score (nSPS) is 30.0. The maximum Gasteiger partial charge on any atom is 0.0601 e. The summed E-state index contributed by atoms with van der Waals surface area (Å²) < 4.78 is 5.18. The first-order valence-electron chi connectivity index (χ1n) is 4.56. The van der Waals surface area contributed by atoms with Gasteiger partial charge in [-0.15, -0.1) is 0 Å². The number of hydrogen-bond acceptors (Lipinski definition) is 3. The summed E-state index contributed by atoms with van der Waals surface area (Å²) in [6.45, 7) is 4.95. The van der Waals surface area contributed by atoms with Gasteiger partial charge in [-0.2, -0.15) is 0 Å². The molecule has 0 atom stereocenters. The maximum atomic E-state index is 5.84. The van der Waals surface area contributed by atoms with Crippen molar-refractivity contribution in [3.63, 3.8) is 0 Å². The van der Waals surface area contributed by atoms with Crippen LogP contribution in [0.2, 0.25) is 0 Å². The second kappa shape index (κ2) is 3.73. The topological polar surface area (TPSA) is 47.3 Å². The van der Waals surface area contributed by atoms with Crippen LogP contribution in [0.5, 0.6) is 0 Å². The Labute approximate surface area is 74.7 Å². The van der Waals surface area contributed by atoms with E-state index < -0.39 is 0 Å². The molecule has 0 saturated heterocycles. The van der Waals surface area contributed by atoms with E-state index in [4.69, 9.17) is 10.5 Å². The minimum Gasteiger partial charge on any atom is -0.381 e. The first-order chi connectivity index (χ1) is 5.51. The zero-order chi connectivity index (χ0) is 9.19. The van der Waals surface area contributed by atoms with Crippen molar-refractivity contribution in [2.75, 3.05) is 13.7 Å². The second-order valence-electron chi connectivity index (χ2n) is 4.40. The van der Waals surface area contributed by atoms with E-state index >= 15 is 0 Å². The molecular formula is C9H20N2O. The quantitative estimate of drug-likeness (QED) is 0.649. The molecule has 0 radical (unpaired) electrons. The number of ether oxygens (including phenoxy) is 1. The molecule has 1 aliphatic rings. The summed E-state index contributed by atoms with van der Waals surface area (Å²) in [5.41, 5.74) is 5.74. The molecule has 0 heterocycles. The highest BCUT2D eigenvalue weighted by atomic mass is 16.5. The lowest BCUT2D eigenvalue weighted by Crippen LogP contribution is -2.52. The van der Waals surface area contributed by atoms with Crippen molar-refractivity contribution in [3.8, 4) is 0 Å². The summed E-state index contributed by atoms with van der Waals surface area (Å²) in [6, 6.07) is 0.623. The lowest BCUT2D eigenvalue weighted by molar-refractivity contribution is 0.0164. The van der Waals surface area contributed by atoms with Crippen LogP contribution >= 0.6 is 0 Å². The van der Waals surface area contributed by atoms with Crippen LogP contribution in [0.3, 0.4) is 0 Å². The van der Waals surface area contributed by atoms with Gasteiger partial charge >= 0.3 is 0 Å². The Kier molecular flexibility index (Phi) is 3.09. The first-order valence-corrected chi connectivity index (χ1v) is 4.56. The molecule has 0 unspecified atom stereocenters. The smallest absolute Gasteiger partial charge is 0.0601 e. The summed E-state index contributed by atoms with van der Waals surface area (Å²) in [5, 5.41) is 3.42. The summed E-state index contributed by atoms with van der Waals surface area (Å²) in [5.74, 6) is 0. The van der Waals surface area contributed by atoms with Gasteiger partial charge in [0.25, 0.3) is 0 Å². The van der Waals surface area contributed by atoms with E-state index in [-0.39, 0.29) is 5.54 Å². The molecule has 0 bridgehead atoms. The molecular weight excluding hydrogens is 152 g/mol. The van der Waals surface area contributed by atoms with Gasteiger partial charge in [0.05, 0.1) is 6.10 Å². The fourth-order valence-corrected chi connectivity index (χ4v) is 1.33. The number of hydrogen-bond donors (Lipinski definition) is 2. The number of nitrogens with two attached hydrogens (primary N) is 1. The van der Waals surface area contributed by atoms with E-state index in [2.05, 4.69) is 5.32 Å². The highest BCUT2D eigenvalue weighted by molar-refractivity contribution is 4.88. The highest BCUT2D eigenvalue weighted by Crippen LogP contribution is 2.22. The van der Waals surface area contributed by atoms with Gasteiger partial charge in [0.2, 0.25) is 0 Å². The largest absolute Gasteiger partial charge is 0.381 e. The number of methoxy groups -OCH3 is 1. The summed E-state index contributed by atoms with van der Waals surface area (Å²) in [4.78, 5) is 0. The summed E-state index contributed by atoms with van der Waals surface area (Å²) >= 11 is 0. The van der Waals surface area contributed by atoms with E-state index in [9.17, 15) is 0 Å². The van der Waals surface area contributed by atoms with Crippen molar-refractivity contribution in [1.82, 2.24) is 5.32 Å². The molecule has 3 heteroatoms. The Morgan fingerprint density at radius 3 is 2.50 bits per heavy atom. The van der Waals surface area contributed by atoms with Crippen LogP contribution in [0.15, 0.2) is 0 Å². The molecule has 72 valence electrons. The Morgan fingerprint density at radius 1 is 1.50 bits per heavy atom. The van der Waals surface area contributed by atoms with Gasteiger partial charge in [-0.05, 0) is 26.7 Å². The highest BCUT2D eigenvalue weighted by Gasteiger charge is 2.29. The average Bonchev–Trinajstić information content (AvgIpc) is 1.82. The Bertz CT molecular complexity index is 136. The van der Waals surface area contributed by atoms with Crippen molar-refractivity contribution in [3.05, 3.63) is 0 Å². The third kappa shape index (κ3) is 3.09. The van der Waals surface area contributed by atoms with E-state index in [0.717, 1.165) is 19.4 Å². The Hall–Kier alpha value is -0.120. The molecule has 12 heavy (non-hydrogen) atoms. The molecule has 0 amide bonds. The summed E-state index contributed by atoms with van der Waals surface area (Å²) in [7, 11) is 1.77. The number of nitrogens with one attached hydrogen (secondary N) is 1. The van der Waals surface area contributed by atoms with Gasteiger partial charge < -0.3 is 15.8 Å². The van der Waals surface area contributed by atoms with Crippen molar-refractivity contribution >= 4 is 0 Å². The zero-order valence-electron chi connectivity index (χ0n) is 8.26. The van der Waals surface area contributed by atoms with Crippen LogP contribution in [-0.2, 0) is 4.74 Å². The molecule has 0 aromatic rings. The van der Waals surface area contributed by atoms with Crippen LogP contribution in [0.1, 0.15) is 26.7 Å². The third-order valence-corrected chi connectivity index (χ3v) is 2.27. The molecule has 0 aromatic heterocycles. The van der Waals surface area contributed by atoms with Crippen molar-refractivity contribution in [1.29, 1.82) is 0 Å². The predicted octanol–water partition coefficient (Wildman–Crippen LogP) is 0.491. The van der Waals surface area contributed by atoms with Crippen molar-refractivity contribution in [2.45, 2.75) is 44.4 Å². The minimum atomic E-state index is -0.0990. The van der Waals surface area contributed by atoms with E-state index in [1.807, 2.05) is 13.8 Å². The minimum absolute atomic E-state index is 0.0990. The van der Waals surface area contributed by atoms with Crippen LogP contribution in [0.25, 0.3) is 0 Å². The predicted molar refractivity (Wildman–Crippen MR) is 50.1 cm³/mol. The van der Waals surface area contributed by atoms with Crippen molar-refractivity contribution < 1.29 is 4.74 Å². The van der Waals surface area contributed by atoms with E-state index in [1.54, 1.807) is 7.11 Å². The molecule has 3 N–H and O–H groups in total. The molecule has 0 aliphatic heterocycles. The van der Waals surface area contributed by atoms with Gasteiger partial charge in [-0.3, -0.25) is 0 Å². The SMILES string of the molecule is COC1CC(NCC(C)(C)N)C1. The van der Waals surface area contributed by atoms with Gasteiger partial charge in [0.15, 0.2) is 0 Å². The second-order valence-corrected chi connectivity index (χ2v) is 4.40. The maximum absolute atomic E-state index is 5.84. The zero-order valence-corrected chi connectivity index (χ0v) is 8.26. The molecule has 3 nitrogen and oxygen atoms in total. The van der Waals surface area contributed by atoms with Gasteiger partial charge in [0, 0.05) is 25.2 Å². The van der Waals surface area contributed by atoms with Gasteiger partial charge in [0.1, 0.15) is 0 Å². The van der Waals surface area contributed by atoms with Crippen LogP contribution in [0, 0.1) is 0 Å². The number of rotatable bonds is 4. The van der Waals surface area contributed by atoms with E-state index in [0.29, 0.717) is 12.1 Å². The van der Waals surface area contributed by atoms with Crippen LogP contribution in [0.4, 0.5) is 0 Å². The van der Waals surface area contributed by atoms with Crippen molar-refractivity contribution in [2.24, 2.45) is 5.73 Å². The average molecular weight is 172 g/mol. The summed E-state index contributed by atoms with van der Waals surface area (Å²) in [6.07, 6.45) is 2.74. The van der Waals surface area contributed by atoms with Crippen LogP contribution < -0.4 is 11.1 Å².